The Bertz CT molecular complexity index is 1350. The number of benzene rings is 3. The second kappa shape index (κ2) is 8.94. The molecule has 5 rings (SSSR count). The van der Waals surface area contributed by atoms with Crippen LogP contribution in [0.25, 0.3) is 33.6 Å². The summed E-state index contributed by atoms with van der Waals surface area (Å²) in [6.45, 7) is 0. The summed E-state index contributed by atoms with van der Waals surface area (Å²) in [5.74, 6) is -0.233. The van der Waals surface area contributed by atoms with Gasteiger partial charge >= 0.3 is 0 Å². The lowest BCUT2D eigenvalue weighted by molar-refractivity contribution is 0.628. The van der Waals surface area contributed by atoms with Gasteiger partial charge in [-0.05, 0) is 77.2 Å². The summed E-state index contributed by atoms with van der Waals surface area (Å²) in [6, 6.07) is 33.5. The Labute approximate surface area is 187 Å². The predicted molar refractivity (Wildman–Crippen MR) is 128 cm³/mol. The molecule has 3 aromatic carbocycles. The number of aromatic nitrogens is 2. The Hall–Kier alpha value is -4.11. The molecule has 0 spiro atoms. The summed E-state index contributed by atoms with van der Waals surface area (Å²) in [6.07, 6.45) is 4.45. The smallest absolute Gasteiger partial charge is 0.123 e. The fraction of sp³-hybridized carbons (Fsp3) is 0.0345. The summed E-state index contributed by atoms with van der Waals surface area (Å²) >= 11 is 0. The molecular weight excluding hydrogens is 395 g/mol. The second-order valence-corrected chi connectivity index (χ2v) is 7.73. The molecule has 2 heterocycles. The molecule has 154 valence electrons. The first kappa shape index (κ1) is 19.8. The van der Waals surface area contributed by atoms with Crippen molar-refractivity contribution in [2.45, 2.75) is 6.42 Å². The minimum Gasteiger partial charge on any atom is -0.256 e. The molecule has 0 aliphatic carbocycles. The van der Waals surface area contributed by atoms with Gasteiger partial charge in [0.2, 0.25) is 0 Å². The first-order valence-corrected chi connectivity index (χ1v) is 10.6. The fourth-order valence-electron chi connectivity index (χ4n) is 3.86. The van der Waals surface area contributed by atoms with E-state index >= 15 is 0 Å². The Kier molecular flexibility index (Phi) is 5.54. The van der Waals surface area contributed by atoms with Crippen LogP contribution >= 0.6 is 0 Å². The average molecular weight is 416 g/mol. The molecule has 0 unspecified atom stereocenters. The number of pyridine rings is 2. The topological polar surface area (TPSA) is 25.8 Å². The van der Waals surface area contributed by atoms with Crippen LogP contribution in [0.5, 0.6) is 0 Å². The van der Waals surface area contributed by atoms with Crippen molar-refractivity contribution in [2.24, 2.45) is 0 Å². The molecule has 0 saturated carbocycles. The normalized spacial score (nSPS) is 10.8. The molecule has 5 aromatic rings. The summed E-state index contributed by atoms with van der Waals surface area (Å²) in [5, 5.41) is 0. The lowest BCUT2D eigenvalue weighted by atomic mass is 9.98. The number of halogens is 1. The van der Waals surface area contributed by atoms with Crippen LogP contribution in [0.1, 0.15) is 11.1 Å². The molecule has 2 aromatic heterocycles. The third-order valence-corrected chi connectivity index (χ3v) is 5.46. The quantitative estimate of drug-likeness (QED) is 0.303. The van der Waals surface area contributed by atoms with Crippen LogP contribution in [0.15, 0.2) is 116 Å². The zero-order valence-electron chi connectivity index (χ0n) is 17.4. The number of hydrogen-bond acceptors (Lipinski definition) is 2. The summed E-state index contributed by atoms with van der Waals surface area (Å²) in [4.78, 5) is 9.03. The molecule has 0 fully saturated rings. The third-order valence-electron chi connectivity index (χ3n) is 5.46. The van der Waals surface area contributed by atoms with Crippen molar-refractivity contribution >= 4 is 0 Å². The van der Waals surface area contributed by atoms with E-state index in [4.69, 9.17) is 0 Å². The van der Waals surface area contributed by atoms with Gasteiger partial charge in [-0.2, -0.15) is 0 Å². The van der Waals surface area contributed by atoms with Crippen LogP contribution in [0.2, 0.25) is 0 Å². The van der Waals surface area contributed by atoms with E-state index in [-0.39, 0.29) is 5.82 Å². The van der Waals surface area contributed by atoms with E-state index in [1.54, 1.807) is 18.3 Å². The van der Waals surface area contributed by atoms with Gasteiger partial charge in [0.15, 0.2) is 0 Å². The molecule has 0 N–H and O–H groups in total. The lowest BCUT2D eigenvalue weighted by Gasteiger charge is -2.09. The van der Waals surface area contributed by atoms with Gasteiger partial charge in [-0.15, -0.1) is 0 Å². The van der Waals surface area contributed by atoms with Crippen LogP contribution in [-0.4, -0.2) is 9.97 Å². The highest BCUT2D eigenvalue weighted by molar-refractivity contribution is 5.70. The van der Waals surface area contributed by atoms with Crippen molar-refractivity contribution < 1.29 is 4.39 Å². The third kappa shape index (κ3) is 4.47. The van der Waals surface area contributed by atoms with Gasteiger partial charge in [0, 0.05) is 23.5 Å². The van der Waals surface area contributed by atoms with E-state index in [1.807, 2.05) is 36.5 Å². The molecule has 0 aliphatic heterocycles. The standard InChI is InChI=1S/C29H21FN2/c30-27-12-10-23(11-13-27)24-14-16-32-29(20-24)26-8-4-6-22(19-26)17-21-5-3-7-25(18-21)28-9-1-2-15-31-28/h1-16,18-20H,17H2. The molecule has 0 bridgehead atoms. The summed E-state index contributed by atoms with van der Waals surface area (Å²) in [7, 11) is 0. The van der Waals surface area contributed by atoms with E-state index in [0.29, 0.717) is 0 Å². The zero-order chi connectivity index (χ0) is 21.8. The van der Waals surface area contributed by atoms with Gasteiger partial charge in [-0.25, -0.2) is 4.39 Å². The number of nitrogens with zero attached hydrogens (tertiary/aromatic N) is 2. The van der Waals surface area contributed by atoms with Crippen molar-refractivity contribution in [3.63, 3.8) is 0 Å². The van der Waals surface area contributed by atoms with E-state index in [1.165, 1.54) is 23.3 Å². The van der Waals surface area contributed by atoms with Crippen LogP contribution in [0, 0.1) is 5.82 Å². The SMILES string of the molecule is Fc1ccc(-c2ccnc(-c3cccc(Cc4cccc(-c5ccccn5)c4)c3)c2)cc1. The first-order chi connectivity index (χ1) is 15.7. The zero-order valence-corrected chi connectivity index (χ0v) is 17.4. The van der Waals surface area contributed by atoms with Crippen LogP contribution in [0.4, 0.5) is 4.39 Å². The van der Waals surface area contributed by atoms with Gasteiger partial charge in [-0.3, -0.25) is 9.97 Å². The van der Waals surface area contributed by atoms with E-state index in [9.17, 15) is 4.39 Å². The Morgan fingerprint density at radius 3 is 1.88 bits per heavy atom. The van der Waals surface area contributed by atoms with Crippen molar-refractivity contribution in [3.8, 4) is 33.6 Å². The van der Waals surface area contributed by atoms with Gasteiger partial charge in [0.25, 0.3) is 0 Å². The average Bonchev–Trinajstić information content (AvgIpc) is 2.85. The lowest BCUT2D eigenvalue weighted by Crippen LogP contribution is -1.92. The monoisotopic (exact) mass is 416 g/mol. The Balaban J connectivity index is 1.41. The van der Waals surface area contributed by atoms with Gasteiger partial charge in [-0.1, -0.05) is 54.6 Å². The molecule has 0 atom stereocenters. The summed E-state index contributed by atoms with van der Waals surface area (Å²) in [5.41, 5.74) is 8.50. The maximum Gasteiger partial charge on any atom is 0.123 e. The number of rotatable bonds is 5. The minimum atomic E-state index is -0.233. The maximum absolute atomic E-state index is 13.3. The van der Waals surface area contributed by atoms with Crippen LogP contribution in [0.3, 0.4) is 0 Å². The molecule has 0 radical (unpaired) electrons. The van der Waals surface area contributed by atoms with Crippen LogP contribution < -0.4 is 0 Å². The molecular formula is C29H21FN2. The molecule has 32 heavy (non-hydrogen) atoms. The Morgan fingerprint density at radius 2 is 1.19 bits per heavy atom. The van der Waals surface area contributed by atoms with Crippen molar-refractivity contribution in [3.05, 3.63) is 132 Å². The number of hydrogen-bond donors (Lipinski definition) is 0. The second-order valence-electron chi connectivity index (χ2n) is 7.73. The highest BCUT2D eigenvalue weighted by Gasteiger charge is 2.06. The highest BCUT2D eigenvalue weighted by Crippen LogP contribution is 2.26. The van der Waals surface area contributed by atoms with Gasteiger partial charge in [0.1, 0.15) is 5.82 Å². The molecule has 0 saturated heterocycles. The fourth-order valence-corrected chi connectivity index (χ4v) is 3.86. The maximum atomic E-state index is 13.3. The molecule has 0 amide bonds. The van der Waals surface area contributed by atoms with Crippen LogP contribution in [-0.2, 0) is 6.42 Å². The van der Waals surface area contributed by atoms with Crippen molar-refractivity contribution in [1.82, 2.24) is 9.97 Å². The molecule has 3 heteroatoms. The highest BCUT2D eigenvalue weighted by atomic mass is 19.1. The van der Waals surface area contributed by atoms with E-state index in [0.717, 1.165) is 40.1 Å². The van der Waals surface area contributed by atoms with Crippen molar-refractivity contribution in [2.75, 3.05) is 0 Å². The van der Waals surface area contributed by atoms with E-state index < -0.39 is 0 Å². The van der Waals surface area contributed by atoms with Gasteiger partial charge < -0.3 is 0 Å². The Morgan fingerprint density at radius 1 is 0.500 bits per heavy atom. The summed E-state index contributed by atoms with van der Waals surface area (Å²) < 4.78 is 13.3. The largest absolute Gasteiger partial charge is 0.256 e. The van der Waals surface area contributed by atoms with E-state index in [2.05, 4.69) is 58.5 Å². The van der Waals surface area contributed by atoms with Crippen molar-refractivity contribution in [1.29, 1.82) is 0 Å². The minimum absolute atomic E-state index is 0.233. The first-order valence-electron chi connectivity index (χ1n) is 10.6. The predicted octanol–water partition coefficient (Wildman–Crippen LogP) is 7.21. The molecule has 2 nitrogen and oxygen atoms in total. The molecule has 0 aliphatic rings. The van der Waals surface area contributed by atoms with Gasteiger partial charge in [0.05, 0.1) is 11.4 Å².